The van der Waals surface area contributed by atoms with Crippen molar-refractivity contribution < 1.29 is 8.42 Å². The molecule has 0 spiro atoms. The smallest absolute Gasteiger partial charge is 0.212 e. The summed E-state index contributed by atoms with van der Waals surface area (Å²) in [5.74, 6) is -0.0697. The second-order valence-electron chi connectivity index (χ2n) is 3.59. The van der Waals surface area contributed by atoms with Crippen LogP contribution in [-0.4, -0.2) is 32.1 Å². The van der Waals surface area contributed by atoms with Crippen LogP contribution in [0.25, 0.3) is 0 Å². The molecule has 2 unspecified atom stereocenters. The van der Waals surface area contributed by atoms with E-state index in [4.69, 9.17) is 5.26 Å². The van der Waals surface area contributed by atoms with Gasteiger partial charge in [0, 0.05) is 20.0 Å². The van der Waals surface area contributed by atoms with Crippen LogP contribution in [0.3, 0.4) is 0 Å². The van der Waals surface area contributed by atoms with Gasteiger partial charge in [0.25, 0.3) is 0 Å². The number of hydrogen-bond donors (Lipinski definition) is 0. The minimum absolute atomic E-state index is 0.0697. The van der Waals surface area contributed by atoms with E-state index in [0.29, 0.717) is 19.3 Å². The van der Waals surface area contributed by atoms with Gasteiger partial charge in [0.1, 0.15) is 0 Å². The fraction of sp³-hybridized carbons (Fsp3) is 0.875. The Morgan fingerprint density at radius 1 is 1.38 bits per heavy atom. The lowest BCUT2D eigenvalue weighted by atomic mass is 10.1. The number of sulfonamides is 1. The maximum Gasteiger partial charge on any atom is 0.216 e. The second kappa shape index (κ2) is 3.64. The molecule has 13 heavy (non-hydrogen) atoms. The van der Waals surface area contributed by atoms with Crippen molar-refractivity contribution in [2.24, 2.45) is 5.92 Å². The van der Waals surface area contributed by atoms with Crippen molar-refractivity contribution in [3.63, 3.8) is 0 Å². The summed E-state index contributed by atoms with van der Waals surface area (Å²) in [7, 11) is -0.0639. The molecule has 0 radical (unpaired) electrons. The Kier molecular flexibility index (Phi) is 2.94. The molecule has 0 saturated heterocycles. The number of hydrogen-bond acceptors (Lipinski definition) is 3. The van der Waals surface area contributed by atoms with E-state index in [1.54, 1.807) is 0 Å². The van der Waals surface area contributed by atoms with Gasteiger partial charge in [-0.25, -0.2) is 12.7 Å². The van der Waals surface area contributed by atoms with Gasteiger partial charge in [-0.3, -0.25) is 0 Å². The molecule has 4 nitrogen and oxygen atoms in total. The van der Waals surface area contributed by atoms with Crippen LogP contribution in [0.5, 0.6) is 0 Å². The molecule has 74 valence electrons. The van der Waals surface area contributed by atoms with E-state index in [-0.39, 0.29) is 11.2 Å². The maximum atomic E-state index is 11.6. The zero-order chi connectivity index (χ0) is 10.1. The maximum absolute atomic E-state index is 11.6. The molecule has 2 atom stereocenters. The molecule has 0 aromatic rings. The first-order chi connectivity index (χ1) is 5.98. The van der Waals surface area contributed by atoms with E-state index < -0.39 is 10.0 Å². The van der Waals surface area contributed by atoms with Crippen LogP contribution in [0.1, 0.15) is 19.3 Å². The minimum atomic E-state index is -3.14. The van der Waals surface area contributed by atoms with Crippen LogP contribution in [0.15, 0.2) is 0 Å². The largest absolute Gasteiger partial charge is 0.216 e. The standard InChI is InChI=1S/C8H14N2O2S/c1-10(2)13(11,12)8-4-3-7(5-8)6-9/h7-8H,3-5H2,1-2H3. The highest BCUT2D eigenvalue weighted by Crippen LogP contribution is 2.30. The van der Waals surface area contributed by atoms with Gasteiger partial charge in [-0.2, -0.15) is 5.26 Å². The Hall–Kier alpha value is -0.600. The van der Waals surface area contributed by atoms with E-state index in [1.807, 2.05) is 0 Å². The Morgan fingerprint density at radius 3 is 2.38 bits per heavy atom. The van der Waals surface area contributed by atoms with Crippen LogP contribution in [-0.2, 0) is 10.0 Å². The predicted octanol–water partition coefficient (Wildman–Crippen LogP) is 0.570. The van der Waals surface area contributed by atoms with E-state index in [2.05, 4.69) is 6.07 Å². The molecule has 0 amide bonds. The van der Waals surface area contributed by atoms with Crippen molar-refractivity contribution in [3.8, 4) is 6.07 Å². The zero-order valence-corrected chi connectivity index (χ0v) is 8.71. The Balaban J connectivity index is 2.73. The normalized spacial score (nSPS) is 29.1. The molecular weight excluding hydrogens is 188 g/mol. The first-order valence-corrected chi connectivity index (χ1v) is 5.79. The summed E-state index contributed by atoms with van der Waals surface area (Å²) in [6.07, 6.45) is 1.84. The van der Waals surface area contributed by atoms with Gasteiger partial charge in [-0.15, -0.1) is 0 Å². The van der Waals surface area contributed by atoms with Crippen molar-refractivity contribution in [3.05, 3.63) is 0 Å². The van der Waals surface area contributed by atoms with Gasteiger partial charge in [0.05, 0.1) is 11.3 Å². The highest BCUT2D eigenvalue weighted by Gasteiger charge is 2.35. The molecule has 1 rings (SSSR count). The van der Waals surface area contributed by atoms with Crippen LogP contribution in [0, 0.1) is 17.2 Å². The summed E-state index contributed by atoms with van der Waals surface area (Å²) >= 11 is 0. The Bertz CT molecular complexity index is 316. The monoisotopic (exact) mass is 202 g/mol. The topological polar surface area (TPSA) is 61.2 Å². The molecule has 1 aliphatic carbocycles. The lowest BCUT2D eigenvalue weighted by molar-refractivity contribution is 0.503. The van der Waals surface area contributed by atoms with Gasteiger partial charge >= 0.3 is 0 Å². The third-order valence-corrected chi connectivity index (χ3v) is 4.79. The molecule has 1 aliphatic rings. The molecule has 0 N–H and O–H groups in total. The van der Waals surface area contributed by atoms with Crippen LogP contribution in [0.4, 0.5) is 0 Å². The quantitative estimate of drug-likeness (QED) is 0.657. The third kappa shape index (κ3) is 2.01. The molecule has 1 saturated carbocycles. The summed E-state index contributed by atoms with van der Waals surface area (Å²) in [4.78, 5) is 0. The summed E-state index contributed by atoms with van der Waals surface area (Å²) in [5.41, 5.74) is 0. The number of nitriles is 1. The van der Waals surface area contributed by atoms with Gasteiger partial charge in [-0.05, 0) is 19.3 Å². The Morgan fingerprint density at radius 2 is 2.00 bits per heavy atom. The van der Waals surface area contributed by atoms with E-state index in [0.717, 1.165) is 0 Å². The van der Waals surface area contributed by atoms with Crippen LogP contribution in [0.2, 0.25) is 0 Å². The van der Waals surface area contributed by atoms with E-state index in [9.17, 15) is 8.42 Å². The molecule has 1 fully saturated rings. The predicted molar refractivity (Wildman–Crippen MR) is 49.3 cm³/mol. The fourth-order valence-electron chi connectivity index (χ4n) is 1.63. The first kappa shape index (κ1) is 10.5. The molecular formula is C8H14N2O2S. The third-order valence-electron chi connectivity index (χ3n) is 2.50. The first-order valence-electron chi connectivity index (χ1n) is 4.29. The molecule has 0 bridgehead atoms. The second-order valence-corrected chi connectivity index (χ2v) is 6.02. The van der Waals surface area contributed by atoms with Crippen molar-refractivity contribution in [1.82, 2.24) is 4.31 Å². The van der Waals surface area contributed by atoms with Gasteiger partial charge < -0.3 is 0 Å². The lowest BCUT2D eigenvalue weighted by Crippen LogP contribution is -2.31. The highest BCUT2D eigenvalue weighted by atomic mass is 32.2. The molecule has 0 aromatic carbocycles. The summed E-state index contributed by atoms with van der Waals surface area (Å²) < 4.78 is 24.5. The highest BCUT2D eigenvalue weighted by molar-refractivity contribution is 7.89. The van der Waals surface area contributed by atoms with Gasteiger partial charge in [0.15, 0.2) is 0 Å². The van der Waals surface area contributed by atoms with E-state index in [1.165, 1.54) is 18.4 Å². The SMILES string of the molecule is CN(C)S(=O)(=O)C1CCC(C#N)C1. The average molecular weight is 202 g/mol. The molecule has 0 aliphatic heterocycles. The van der Waals surface area contributed by atoms with Gasteiger partial charge in [0.2, 0.25) is 10.0 Å². The van der Waals surface area contributed by atoms with Gasteiger partial charge in [-0.1, -0.05) is 0 Å². The van der Waals surface area contributed by atoms with Crippen molar-refractivity contribution in [2.45, 2.75) is 24.5 Å². The van der Waals surface area contributed by atoms with Crippen molar-refractivity contribution in [1.29, 1.82) is 5.26 Å². The summed E-state index contributed by atoms with van der Waals surface area (Å²) in [6, 6.07) is 2.12. The number of nitrogens with zero attached hydrogens (tertiary/aromatic N) is 2. The Labute approximate surface area is 79.2 Å². The zero-order valence-electron chi connectivity index (χ0n) is 7.90. The average Bonchev–Trinajstić information content (AvgIpc) is 2.51. The molecule has 0 aromatic heterocycles. The van der Waals surface area contributed by atoms with E-state index >= 15 is 0 Å². The van der Waals surface area contributed by atoms with Crippen molar-refractivity contribution >= 4 is 10.0 Å². The molecule has 5 heteroatoms. The molecule has 0 heterocycles. The van der Waals surface area contributed by atoms with Crippen molar-refractivity contribution in [2.75, 3.05) is 14.1 Å². The lowest BCUT2D eigenvalue weighted by Gasteiger charge is -2.16. The van der Waals surface area contributed by atoms with Crippen LogP contribution < -0.4 is 0 Å². The summed E-state index contributed by atoms with van der Waals surface area (Å²) in [5, 5.41) is 8.29. The van der Waals surface area contributed by atoms with Crippen LogP contribution >= 0.6 is 0 Å². The number of rotatable bonds is 2. The minimum Gasteiger partial charge on any atom is -0.212 e. The summed E-state index contributed by atoms with van der Waals surface area (Å²) in [6.45, 7) is 0. The fourth-order valence-corrected chi connectivity index (χ4v) is 3.13.